The fourth-order valence-electron chi connectivity index (χ4n) is 3.31. The van der Waals surface area contributed by atoms with Crippen LogP contribution in [0.5, 0.6) is 11.5 Å². The Bertz CT molecular complexity index is 907. The number of benzene rings is 1. The van der Waals surface area contributed by atoms with Crippen LogP contribution in [-0.2, 0) is 6.42 Å². The first-order valence-electron chi connectivity index (χ1n) is 8.05. The van der Waals surface area contributed by atoms with Gasteiger partial charge >= 0.3 is 0 Å². The van der Waals surface area contributed by atoms with Gasteiger partial charge in [-0.1, -0.05) is 18.2 Å². The summed E-state index contributed by atoms with van der Waals surface area (Å²) < 4.78 is 11.2. The van der Waals surface area contributed by atoms with Crippen molar-refractivity contribution >= 4 is 43.0 Å². The Morgan fingerprint density at radius 3 is 2.12 bits per heavy atom. The van der Waals surface area contributed by atoms with Crippen LogP contribution in [0.3, 0.4) is 0 Å². The van der Waals surface area contributed by atoms with E-state index in [-0.39, 0.29) is 11.2 Å². The van der Waals surface area contributed by atoms with Crippen LogP contribution in [0.25, 0.3) is 11.1 Å². The minimum Gasteiger partial charge on any atom is -0.493 e. The van der Waals surface area contributed by atoms with Crippen molar-refractivity contribution in [3.63, 3.8) is 0 Å². The van der Waals surface area contributed by atoms with Crippen molar-refractivity contribution in [2.24, 2.45) is 0 Å². The monoisotopic (exact) mass is 578 g/mol. The molecular weight excluding hydrogens is 558 g/mol. The van der Waals surface area contributed by atoms with E-state index in [0.29, 0.717) is 35.5 Å². The molecule has 0 unspecified atom stereocenters. The maximum atomic E-state index is 12.6. The normalized spacial score (nSPS) is 12.2. The average molecular weight is 578 g/mol. The number of methoxy groups -OCH3 is 2. The summed E-state index contributed by atoms with van der Waals surface area (Å²) in [7, 11) is 3.20. The number of carbonyl (C=O) groups is 1. The number of carbonyl (C=O) groups excluding carboxylic acids is 1. The van der Waals surface area contributed by atoms with Crippen LogP contribution in [0, 0.1) is 13.8 Å². The molecule has 0 N–H and O–H groups in total. The van der Waals surface area contributed by atoms with E-state index in [4.69, 9.17) is 9.47 Å². The number of hydrogen-bond acceptors (Lipinski definition) is 4. The van der Waals surface area contributed by atoms with Crippen LogP contribution < -0.4 is 14.9 Å². The number of rotatable bonds is 2. The smallest absolute Gasteiger partial charge is 0.182 e. The van der Waals surface area contributed by atoms with Crippen LogP contribution in [0.15, 0.2) is 29.1 Å². The predicted molar refractivity (Wildman–Crippen MR) is 121 cm³/mol. The zero-order valence-corrected chi connectivity index (χ0v) is 19.4. The summed E-state index contributed by atoms with van der Waals surface area (Å²) >= 11 is 4.24. The highest BCUT2D eigenvalue weighted by Gasteiger charge is 2.26. The lowest BCUT2D eigenvalue weighted by molar-refractivity contribution is 0.0984. The van der Waals surface area contributed by atoms with E-state index in [9.17, 15) is 9.59 Å². The summed E-state index contributed by atoms with van der Waals surface area (Å²) in [6.45, 7) is 3.71. The molecule has 4 nitrogen and oxygen atoms in total. The zero-order chi connectivity index (χ0) is 19.4. The number of aryl methyl sites for hydroxylation is 3. The van der Waals surface area contributed by atoms with Crippen molar-refractivity contribution in [1.29, 1.82) is 0 Å². The quantitative estimate of drug-likeness (QED) is 0.458. The van der Waals surface area contributed by atoms with Gasteiger partial charge in [-0.2, -0.15) is 0 Å². The Labute approximate surface area is 176 Å². The van der Waals surface area contributed by atoms with Gasteiger partial charge in [0.2, 0.25) is 0 Å². The number of ether oxygens (including phenoxy) is 2. The van der Waals surface area contributed by atoms with Crippen molar-refractivity contribution in [3.8, 4) is 22.6 Å². The average Bonchev–Trinajstić information content (AvgIpc) is 2.87. The maximum Gasteiger partial charge on any atom is 0.182 e. The van der Waals surface area contributed by atoms with Gasteiger partial charge in [0.15, 0.2) is 22.7 Å². The minimum atomic E-state index is -0.133. The largest absolute Gasteiger partial charge is 0.493 e. The molecule has 1 aliphatic rings. The summed E-state index contributed by atoms with van der Waals surface area (Å²) in [5.41, 5.74) is 4.50. The summed E-state index contributed by atoms with van der Waals surface area (Å²) in [4.78, 5) is 24.8. The van der Waals surface area contributed by atoms with Crippen molar-refractivity contribution in [2.45, 2.75) is 26.7 Å². The number of halogens is 2. The van der Waals surface area contributed by atoms with Gasteiger partial charge in [-0.15, -0.1) is 0 Å². The SMILES string of the molecule is COc1c(C)cc2c(c1OC)-c1ccc(C)c(=O)cc1C(=O)CC2.II. The zero-order valence-electron chi connectivity index (χ0n) is 15.1. The van der Waals surface area contributed by atoms with Gasteiger partial charge in [-0.25, -0.2) is 0 Å². The molecule has 0 spiro atoms. The topological polar surface area (TPSA) is 52.6 Å². The Morgan fingerprint density at radius 1 is 0.846 bits per heavy atom. The first-order chi connectivity index (χ1) is 12.5. The third-order valence-electron chi connectivity index (χ3n) is 4.56. The van der Waals surface area contributed by atoms with Gasteiger partial charge in [0.25, 0.3) is 0 Å². The molecule has 0 radical (unpaired) electrons. The fraction of sp³-hybridized carbons (Fsp3) is 0.300. The second-order valence-corrected chi connectivity index (χ2v) is 6.07. The van der Waals surface area contributed by atoms with Crippen LogP contribution >= 0.6 is 37.2 Å². The Balaban J connectivity index is 0.00000117. The first kappa shape index (κ1) is 21.1. The molecule has 0 fully saturated rings. The number of ketones is 1. The van der Waals surface area contributed by atoms with E-state index in [1.165, 1.54) is 6.07 Å². The molecule has 0 amide bonds. The summed E-state index contributed by atoms with van der Waals surface area (Å²) in [5.74, 6) is 1.24. The lowest BCUT2D eigenvalue weighted by atomic mass is 9.94. The van der Waals surface area contributed by atoms with Gasteiger partial charge < -0.3 is 9.47 Å². The van der Waals surface area contributed by atoms with Crippen LogP contribution in [0.4, 0.5) is 0 Å². The minimum absolute atomic E-state index is 0.0208. The van der Waals surface area contributed by atoms with Gasteiger partial charge in [-0.3, -0.25) is 9.59 Å². The highest BCUT2D eigenvalue weighted by Crippen LogP contribution is 2.45. The lowest BCUT2D eigenvalue weighted by Crippen LogP contribution is -2.04. The molecule has 0 aromatic heterocycles. The molecule has 0 bridgehead atoms. The van der Waals surface area contributed by atoms with Crippen molar-refractivity contribution in [2.75, 3.05) is 14.2 Å². The van der Waals surface area contributed by atoms with Crippen molar-refractivity contribution < 1.29 is 14.3 Å². The maximum absolute atomic E-state index is 12.6. The van der Waals surface area contributed by atoms with E-state index in [2.05, 4.69) is 37.2 Å². The Hall–Kier alpha value is -1.16. The molecule has 0 heterocycles. The van der Waals surface area contributed by atoms with Gasteiger partial charge in [0, 0.05) is 54.8 Å². The molecule has 3 rings (SSSR count). The Morgan fingerprint density at radius 2 is 1.50 bits per heavy atom. The molecule has 2 aromatic rings. The number of fused-ring (bicyclic) bond motifs is 3. The molecule has 138 valence electrons. The van der Waals surface area contributed by atoms with Crippen LogP contribution in [-0.4, -0.2) is 20.0 Å². The highest BCUT2D eigenvalue weighted by atomic mass is 128. The van der Waals surface area contributed by atoms with Gasteiger partial charge in [0.05, 0.1) is 14.2 Å². The molecular formula is C20H20I2O4. The van der Waals surface area contributed by atoms with Crippen molar-refractivity contribution in [3.05, 3.63) is 56.7 Å². The number of Topliss-reactive ketones (excluding diaryl/α,β-unsaturated/α-hetero) is 1. The van der Waals surface area contributed by atoms with E-state index in [0.717, 1.165) is 22.3 Å². The predicted octanol–water partition coefficient (Wildman–Crippen LogP) is 5.25. The van der Waals surface area contributed by atoms with Crippen molar-refractivity contribution in [1.82, 2.24) is 0 Å². The fourth-order valence-corrected chi connectivity index (χ4v) is 3.31. The molecule has 0 atom stereocenters. The summed E-state index contributed by atoms with van der Waals surface area (Å²) in [6.07, 6.45) is 0.984. The molecule has 0 aliphatic heterocycles. The molecule has 0 saturated heterocycles. The highest BCUT2D eigenvalue weighted by molar-refractivity contribution is 15.0. The van der Waals surface area contributed by atoms with Crippen LogP contribution in [0.2, 0.25) is 0 Å². The van der Waals surface area contributed by atoms with Crippen LogP contribution in [0.1, 0.15) is 33.5 Å². The van der Waals surface area contributed by atoms with E-state index in [1.54, 1.807) is 27.2 Å². The Kier molecular flexibility index (Phi) is 7.45. The summed E-state index contributed by atoms with van der Waals surface area (Å²) in [5, 5.41) is 0. The first-order valence-corrected chi connectivity index (χ1v) is 14.3. The van der Waals surface area contributed by atoms with Gasteiger partial charge in [-0.05, 0) is 48.6 Å². The van der Waals surface area contributed by atoms with E-state index in [1.807, 2.05) is 19.1 Å². The molecule has 1 aliphatic carbocycles. The standard InChI is InChI=1S/C20H20O4.I2/c1-11-5-7-14-15(10-17(11)22)16(21)8-6-13-9-12(2)19(23-3)20(24-4)18(13)14;1-2/h5,7,9-10H,6,8H2,1-4H3;. The third-order valence-corrected chi connectivity index (χ3v) is 4.56. The second-order valence-electron chi connectivity index (χ2n) is 6.07. The second kappa shape index (κ2) is 9.16. The molecule has 6 heteroatoms. The van der Waals surface area contributed by atoms with E-state index >= 15 is 0 Å². The molecule has 0 saturated carbocycles. The molecule has 26 heavy (non-hydrogen) atoms. The lowest BCUT2D eigenvalue weighted by Gasteiger charge is -2.18. The number of hydrogen-bond donors (Lipinski definition) is 0. The van der Waals surface area contributed by atoms with Gasteiger partial charge in [0.1, 0.15) is 0 Å². The third kappa shape index (κ3) is 3.90. The van der Waals surface area contributed by atoms with E-state index < -0.39 is 0 Å². The molecule has 2 aromatic carbocycles. The summed E-state index contributed by atoms with van der Waals surface area (Å²) in [6, 6.07) is 7.09.